The Hall–Kier alpha value is -2.49. The first-order valence-corrected chi connectivity index (χ1v) is 7.43. The summed E-state index contributed by atoms with van der Waals surface area (Å²) in [7, 11) is 0. The summed E-state index contributed by atoms with van der Waals surface area (Å²) in [5.41, 5.74) is 0.801. The molecule has 2 atom stereocenters. The third-order valence-corrected chi connectivity index (χ3v) is 3.69. The summed E-state index contributed by atoms with van der Waals surface area (Å²) < 4.78 is 11.4. The highest BCUT2D eigenvalue weighted by Gasteiger charge is 2.32. The van der Waals surface area contributed by atoms with E-state index in [2.05, 4.69) is 0 Å². The van der Waals surface area contributed by atoms with Gasteiger partial charge in [-0.2, -0.15) is 0 Å². The average molecular weight is 297 g/mol. The molecule has 0 saturated carbocycles. The van der Waals surface area contributed by atoms with E-state index in [1.807, 2.05) is 61.5 Å². The maximum atomic E-state index is 12.8. The zero-order chi connectivity index (χ0) is 15.5. The second-order valence-corrected chi connectivity index (χ2v) is 5.41. The number of amides is 1. The Balaban J connectivity index is 1.82. The standard InChI is InChI=1S/C18H19NO3/c1-13-12-21-17-11-7-6-10-16(17)19(13)18(20)14(2)22-15-8-4-3-5-9-15/h3-11,13-14H,12H2,1-2H3/t13-,14+/m1/s1. The monoisotopic (exact) mass is 297 g/mol. The fourth-order valence-corrected chi connectivity index (χ4v) is 2.59. The van der Waals surface area contributed by atoms with Gasteiger partial charge in [0.05, 0.1) is 11.7 Å². The van der Waals surface area contributed by atoms with Crippen LogP contribution in [-0.4, -0.2) is 24.7 Å². The molecule has 2 aromatic carbocycles. The van der Waals surface area contributed by atoms with Gasteiger partial charge < -0.3 is 9.47 Å². The predicted molar refractivity (Wildman–Crippen MR) is 85.4 cm³/mol. The molecule has 3 rings (SSSR count). The first-order chi connectivity index (χ1) is 10.7. The van der Waals surface area contributed by atoms with Crippen molar-refractivity contribution in [2.75, 3.05) is 11.5 Å². The van der Waals surface area contributed by atoms with Crippen molar-refractivity contribution in [1.82, 2.24) is 0 Å². The van der Waals surface area contributed by atoms with Crippen molar-refractivity contribution in [3.8, 4) is 11.5 Å². The van der Waals surface area contributed by atoms with E-state index < -0.39 is 6.10 Å². The number of benzene rings is 2. The van der Waals surface area contributed by atoms with E-state index in [4.69, 9.17) is 9.47 Å². The van der Waals surface area contributed by atoms with E-state index in [1.165, 1.54) is 0 Å². The molecule has 0 N–H and O–H groups in total. The van der Waals surface area contributed by atoms with Crippen LogP contribution in [0.1, 0.15) is 13.8 Å². The summed E-state index contributed by atoms with van der Waals surface area (Å²) in [5, 5.41) is 0. The topological polar surface area (TPSA) is 38.8 Å². The lowest BCUT2D eigenvalue weighted by molar-refractivity contribution is -0.125. The number of hydrogen-bond acceptors (Lipinski definition) is 3. The van der Waals surface area contributed by atoms with E-state index >= 15 is 0 Å². The van der Waals surface area contributed by atoms with Crippen molar-refractivity contribution in [2.24, 2.45) is 0 Å². The van der Waals surface area contributed by atoms with E-state index in [0.29, 0.717) is 12.4 Å². The molecule has 22 heavy (non-hydrogen) atoms. The van der Waals surface area contributed by atoms with E-state index in [1.54, 1.807) is 11.8 Å². The van der Waals surface area contributed by atoms with E-state index in [9.17, 15) is 4.79 Å². The van der Waals surface area contributed by atoms with Gasteiger partial charge in [-0.05, 0) is 38.1 Å². The molecular weight excluding hydrogens is 278 g/mol. The number of carbonyl (C=O) groups excluding carboxylic acids is 1. The number of nitrogens with zero attached hydrogens (tertiary/aromatic N) is 1. The number of ether oxygens (including phenoxy) is 2. The SMILES string of the molecule is C[C@H](Oc1ccccc1)C(=O)N1c2ccccc2OC[C@H]1C. The smallest absolute Gasteiger partial charge is 0.268 e. The van der Waals surface area contributed by atoms with Crippen molar-refractivity contribution < 1.29 is 14.3 Å². The quantitative estimate of drug-likeness (QED) is 0.873. The number of rotatable bonds is 3. The van der Waals surface area contributed by atoms with Crippen molar-refractivity contribution in [2.45, 2.75) is 26.0 Å². The highest BCUT2D eigenvalue weighted by molar-refractivity contribution is 5.98. The van der Waals surface area contributed by atoms with Crippen LogP contribution in [0.3, 0.4) is 0 Å². The van der Waals surface area contributed by atoms with Crippen LogP contribution in [0.2, 0.25) is 0 Å². The Morgan fingerprint density at radius 2 is 1.86 bits per heavy atom. The molecule has 0 unspecified atom stereocenters. The normalized spacial score (nSPS) is 18.1. The van der Waals surface area contributed by atoms with Gasteiger partial charge in [0.15, 0.2) is 6.10 Å². The first kappa shape index (κ1) is 14.4. The Morgan fingerprint density at radius 1 is 1.18 bits per heavy atom. The molecule has 4 nitrogen and oxygen atoms in total. The first-order valence-electron chi connectivity index (χ1n) is 7.43. The van der Waals surface area contributed by atoms with Crippen molar-refractivity contribution >= 4 is 11.6 Å². The minimum atomic E-state index is -0.559. The zero-order valence-corrected chi connectivity index (χ0v) is 12.7. The number of anilines is 1. The second kappa shape index (κ2) is 6.10. The predicted octanol–water partition coefficient (Wildman–Crippen LogP) is 3.27. The van der Waals surface area contributed by atoms with Gasteiger partial charge in [0.1, 0.15) is 18.1 Å². The summed E-state index contributed by atoms with van der Waals surface area (Å²) in [6, 6.07) is 17.0. The number of para-hydroxylation sites is 3. The van der Waals surface area contributed by atoms with Gasteiger partial charge in [-0.1, -0.05) is 30.3 Å². The Labute approximate surface area is 130 Å². The van der Waals surface area contributed by atoms with Gasteiger partial charge >= 0.3 is 0 Å². The fourth-order valence-electron chi connectivity index (χ4n) is 2.59. The molecule has 1 aliphatic heterocycles. The van der Waals surface area contributed by atoms with Crippen LogP contribution < -0.4 is 14.4 Å². The Morgan fingerprint density at radius 3 is 2.64 bits per heavy atom. The maximum Gasteiger partial charge on any atom is 0.268 e. The molecule has 1 aliphatic rings. The molecule has 1 heterocycles. The van der Waals surface area contributed by atoms with Crippen LogP contribution in [-0.2, 0) is 4.79 Å². The van der Waals surface area contributed by atoms with Gasteiger partial charge in [0.25, 0.3) is 5.91 Å². The zero-order valence-electron chi connectivity index (χ0n) is 12.7. The number of hydrogen-bond donors (Lipinski definition) is 0. The molecule has 0 aliphatic carbocycles. The molecule has 2 aromatic rings. The van der Waals surface area contributed by atoms with E-state index in [0.717, 1.165) is 11.4 Å². The summed E-state index contributed by atoms with van der Waals surface area (Å²) in [6.07, 6.45) is -0.559. The van der Waals surface area contributed by atoms with Crippen LogP contribution >= 0.6 is 0 Å². The van der Waals surface area contributed by atoms with Gasteiger partial charge in [0.2, 0.25) is 0 Å². The molecule has 0 spiro atoms. The summed E-state index contributed by atoms with van der Waals surface area (Å²) in [5.74, 6) is 1.37. The average Bonchev–Trinajstić information content (AvgIpc) is 2.55. The molecule has 0 bridgehead atoms. The van der Waals surface area contributed by atoms with Crippen molar-refractivity contribution in [3.05, 3.63) is 54.6 Å². The highest BCUT2D eigenvalue weighted by Crippen LogP contribution is 2.34. The molecule has 1 amide bonds. The van der Waals surface area contributed by atoms with Crippen LogP contribution in [0.15, 0.2) is 54.6 Å². The highest BCUT2D eigenvalue weighted by atomic mass is 16.5. The molecule has 4 heteroatoms. The summed E-state index contributed by atoms with van der Waals surface area (Å²) in [4.78, 5) is 14.6. The lowest BCUT2D eigenvalue weighted by atomic mass is 10.1. The van der Waals surface area contributed by atoms with Crippen LogP contribution in [0.4, 0.5) is 5.69 Å². The third-order valence-electron chi connectivity index (χ3n) is 3.69. The van der Waals surface area contributed by atoms with Gasteiger partial charge in [0, 0.05) is 0 Å². The maximum absolute atomic E-state index is 12.8. The largest absolute Gasteiger partial charge is 0.489 e. The van der Waals surface area contributed by atoms with Gasteiger partial charge in [-0.3, -0.25) is 9.69 Å². The molecule has 0 fully saturated rings. The lowest BCUT2D eigenvalue weighted by Gasteiger charge is -2.36. The Kier molecular flexibility index (Phi) is 4.00. The molecule has 0 saturated heterocycles. The molecular formula is C18H19NO3. The van der Waals surface area contributed by atoms with Crippen LogP contribution in [0.25, 0.3) is 0 Å². The second-order valence-electron chi connectivity index (χ2n) is 5.41. The van der Waals surface area contributed by atoms with Gasteiger partial charge in [-0.25, -0.2) is 0 Å². The number of fused-ring (bicyclic) bond motifs is 1. The molecule has 0 radical (unpaired) electrons. The number of carbonyl (C=O) groups is 1. The molecule has 114 valence electrons. The third kappa shape index (κ3) is 2.77. The molecule has 0 aromatic heterocycles. The van der Waals surface area contributed by atoms with Crippen LogP contribution in [0.5, 0.6) is 11.5 Å². The summed E-state index contributed by atoms with van der Waals surface area (Å²) in [6.45, 7) is 4.24. The minimum absolute atomic E-state index is 0.0239. The van der Waals surface area contributed by atoms with Crippen LogP contribution in [0, 0.1) is 0 Å². The summed E-state index contributed by atoms with van der Waals surface area (Å²) >= 11 is 0. The van der Waals surface area contributed by atoms with Crippen molar-refractivity contribution in [1.29, 1.82) is 0 Å². The van der Waals surface area contributed by atoms with E-state index in [-0.39, 0.29) is 11.9 Å². The van der Waals surface area contributed by atoms with Crippen molar-refractivity contribution in [3.63, 3.8) is 0 Å². The van der Waals surface area contributed by atoms with Gasteiger partial charge in [-0.15, -0.1) is 0 Å². The minimum Gasteiger partial charge on any atom is -0.489 e. The Bertz CT molecular complexity index is 656. The lowest BCUT2D eigenvalue weighted by Crippen LogP contribution is -2.49. The fraction of sp³-hybridized carbons (Fsp3) is 0.278.